The van der Waals surface area contributed by atoms with Crippen molar-refractivity contribution in [3.8, 4) is 0 Å². The van der Waals surface area contributed by atoms with Gasteiger partial charge in [0.05, 0.1) is 6.04 Å². The van der Waals surface area contributed by atoms with Gasteiger partial charge in [0, 0.05) is 11.8 Å². The van der Waals surface area contributed by atoms with Crippen LogP contribution in [0.5, 0.6) is 0 Å². The summed E-state index contributed by atoms with van der Waals surface area (Å²) in [6, 6.07) is 7.42. The maximum Gasteiger partial charge on any atom is 0.246 e. The molecule has 1 heterocycles. The summed E-state index contributed by atoms with van der Waals surface area (Å²) in [5, 5.41) is 8.97. The van der Waals surface area contributed by atoms with E-state index >= 15 is 0 Å². The largest absolute Gasteiger partial charge is 0.375 e. The minimum atomic E-state index is -0.583. The fourth-order valence-electron chi connectivity index (χ4n) is 2.60. The third kappa shape index (κ3) is 4.33. The molecule has 2 amide bonds. The fourth-order valence-corrected chi connectivity index (χ4v) is 3.65. The molecule has 0 bridgehead atoms. The molecule has 2 aromatic rings. The molecule has 0 aliphatic carbocycles. The molecule has 0 saturated carbocycles. The Morgan fingerprint density at radius 2 is 1.88 bits per heavy atom. The lowest BCUT2D eigenvalue weighted by atomic mass is 10.0. The standard InChI is InChI=1S/C18H24N2O3S/c1-11(2)17(20-16(21)9-23-4)18(22)19-12(3)14-10-24-15-8-6-5-7-13(14)15/h5-8,10-12,17H,9H2,1-4H3,(H,19,22)(H,20,21)/t12-,17+/m1/s1. The predicted octanol–water partition coefficient (Wildman–Crippen LogP) is 2.87. The van der Waals surface area contributed by atoms with Crippen molar-refractivity contribution in [2.75, 3.05) is 13.7 Å². The Labute approximate surface area is 146 Å². The van der Waals surface area contributed by atoms with E-state index in [1.165, 1.54) is 11.8 Å². The molecule has 1 aromatic heterocycles. The van der Waals surface area contributed by atoms with E-state index in [0.29, 0.717) is 0 Å². The van der Waals surface area contributed by atoms with Crippen molar-refractivity contribution in [1.82, 2.24) is 10.6 Å². The minimum Gasteiger partial charge on any atom is -0.375 e. The Kier molecular flexibility index (Phi) is 6.34. The van der Waals surface area contributed by atoms with E-state index in [1.807, 2.05) is 32.9 Å². The number of thiophene rings is 1. The first-order valence-corrected chi connectivity index (χ1v) is 8.86. The van der Waals surface area contributed by atoms with Crippen LogP contribution in [-0.4, -0.2) is 31.6 Å². The Morgan fingerprint density at radius 1 is 1.17 bits per heavy atom. The van der Waals surface area contributed by atoms with Crippen LogP contribution in [0.1, 0.15) is 32.4 Å². The van der Waals surface area contributed by atoms with Crippen LogP contribution < -0.4 is 10.6 Å². The van der Waals surface area contributed by atoms with Crippen LogP contribution in [-0.2, 0) is 14.3 Å². The summed E-state index contributed by atoms with van der Waals surface area (Å²) in [5.41, 5.74) is 1.09. The Balaban J connectivity index is 2.09. The molecule has 6 heteroatoms. The van der Waals surface area contributed by atoms with Crippen LogP contribution in [0.15, 0.2) is 29.6 Å². The van der Waals surface area contributed by atoms with Gasteiger partial charge in [-0.25, -0.2) is 0 Å². The average molecular weight is 348 g/mol. The topological polar surface area (TPSA) is 67.4 Å². The van der Waals surface area contributed by atoms with Crippen LogP contribution in [0.3, 0.4) is 0 Å². The second-order valence-electron chi connectivity index (χ2n) is 6.14. The highest BCUT2D eigenvalue weighted by Crippen LogP contribution is 2.30. The number of hydrogen-bond acceptors (Lipinski definition) is 4. The zero-order valence-electron chi connectivity index (χ0n) is 14.5. The molecule has 0 fully saturated rings. The van der Waals surface area contributed by atoms with Crippen molar-refractivity contribution >= 4 is 33.2 Å². The van der Waals surface area contributed by atoms with E-state index in [4.69, 9.17) is 4.74 Å². The molecule has 5 nitrogen and oxygen atoms in total. The van der Waals surface area contributed by atoms with Crippen molar-refractivity contribution in [3.05, 3.63) is 35.2 Å². The van der Waals surface area contributed by atoms with E-state index in [9.17, 15) is 9.59 Å². The van der Waals surface area contributed by atoms with Gasteiger partial charge in [-0.3, -0.25) is 9.59 Å². The third-order valence-corrected chi connectivity index (χ3v) is 4.86. The molecular formula is C18H24N2O3S. The molecule has 0 radical (unpaired) electrons. The number of carbonyl (C=O) groups is 2. The summed E-state index contributed by atoms with van der Waals surface area (Å²) in [7, 11) is 1.45. The summed E-state index contributed by atoms with van der Waals surface area (Å²) >= 11 is 1.66. The predicted molar refractivity (Wildman–Crippen MR) is 97.0 cm³/mol. The summed E-state index contributed by atoms with van der Waals surface area (Å²) in [5.74, 6) is -0.491. The van der Waals surface area contributed by atoms with Crippen molar-refractivity contribution in [2.45, 2.75) is 32.9 Å². The molecule has 130 valence electrons. The van der Waals surface area contributed by atoms with Gasteiger partial charge < -0.3 is 15.4 Å². The van der Waals surface area contributed by atoms with E-state index in [2.05, 4.69) is 28.1 Å². The van der Waals surface area contributed by atoms with Crippen LogP contribution >= 0.6 is 11.3 Å². The second kappa shape index (κ2) is 8.26. The Hall–Kier alpha value is -1.92. The van der Waals surface area contributed by atoms with Crippen LogP contribution in [0.2, 0.25) is 0 Å². The molecule has 1 aromatic carbocycles. The van der Waals surface area contributed by atoms with Crippen molar-refractivity contribution in [3.63, 3.8) is 0 Å². The van der Waals surface area contributed by atoms with E-state index in [1.54, 1.807) is 11.3 Å². The minimum absolute atomic E-state index is 0.0165. The Morgan fingerprint density at radius 3 is 2.54 bits per heavy atom. The maximum absolute atomic E-state index is 12.6. The highest BCUT2D eigenvalue weighted by Gasteiger charge is 2.26. The first kappa shape index (κ1) is 18.4. The van der Waals surface area contributed by atoms with E-state index in [0.717, 1.165) is 10.9 Å². The first-order chi connectivity index (χ1) is 11.4. The van der Waals surface area contributed by atoms with Gasteiger partial charge in [0.1, 0.15) is 12.6 Å². The zero-order valence-corrected chi connectivity index (χ0v) is 15.3. The lowest BCUT2D eigenvalue weighted by Gasteiger charge is -2.24. The number of ether oxygens (including phenoxy) is 1. The van der Waals surface area contributed by atoms with Gasteiger partial charge in [-0.2, -0.15) is 0 Å². The molecule has 2 atom stereocenters. The summed E-state index contributed by atoms with van der Waals surface area (Å²) < 4.78 is 6.01. The number of fused-ring (bicyclic) bond motifs is 1. The number of hydrogen-bond donors (Lipinski definition) is 2. The lowest BCUT2D eigenvalue weighted by molar-refractivity contribution is -0.132. The molecule has 24 heavy (non-hydrogen) atoms. The quantitative estimate of drug-likeness (QED) is 0.808. The van der Waals surface area contributed by atoms with Crippen molar-refractivity contribution in [2.24, 2.45) is 5.92 Å². The SMILES string of the molecule is COCC(=O)N[C@H](C(=O)N[C@H](C)c1csc2ccccc12)C(C)C. The van der Waals surface area contributed by atoms with Crippen LogP contribution in [0.4, 0.5) is 0 Å². The highest BCUT2D eigenvalue weighted by molar-refractivity contribution is 7.17. The van der Waals surface area contributed by atoms with Crippen molar-refractivity contribution in [1.29, 1.82) is 0 Å². The monoisotopic (exact) mass is 348 g/mol. The van der Waals surface area contributed by atoms with E-state index < -0.39 is 6.04 Å². The van der Waals surface area contributed by atoms with Crippen LogP contribution in [0.25, 0.3) is 10.1 Å². The zero-order chi connectivity index (χ0) is 17.7. The highest BCUT2D eigenvalue weighted by atomic mass is 32.1. The first-order valence-electron chi connectivity index (χ1n) is 7.98. The molecule has 2 N–H and O–H groups in total. The Bertz CT molecular complexity index is 711. The summed E-state index contributed by atoms with van der Waals surface area (Å²) in [4.78, 5) is 24.3. The molecule has 0 spiro atoms. The summed E-state index contributed by atoms with van der Waals surface area (Å²) in [6.07, 6.45) is 0. The van der Waals surface area contributed by atoms with Crippen LogP contribution in [0, 0.1) is 5.92 Å². The van der Waals surface area contributed by atoms with Gasteiger partial charge in [-0.05, 0) is 35.2 Å². The van der Waals surface area contributed by atoms with E-state index in [-0.39, 0.29) is 30.4 Å². The normalized spacial score (nSPS) is 13.7. The average Bonchev–Trinajstić information content (AvgIpc) is 2.96. The number of amides is 2. The number of benzene rings is 1. The number of nitrogens with one attached hydrogen (secondary N) is 2. The molecule has 2 rings (SSSR count). The molecule has 0 saturated heterocycles. The second-order valence-corrected chi connectivity index (χ2v) is 7.05. The number of methoxy groups -OCH3 is 1. The number of carbonyl (C=O) groups excluding carboxylic acids is 2. The van der Waals surface area contributed by atoms with Crippen molar-refractivity contribution < 1.29 is 14.3 Å². The number of rotatable bonds is 7. The molecule has 0 aliphatic heterocycles. The summed E-state index contributed by atoms with van der Waals surface area (Å²) in [6.45, 7) is 5.71. The molecule has 0 aliphatic rings. The molecule has 0 unspecified atom stereocenters. The van der Waals surface area contributed by atoms with Gasteiger partial charge in [0.15, 0.2) is 0 Å². The lowest BCUT2D eigenvalue weighted by Crippen LogP contribution is -2.50. The third-order valence-electron chi connectivity index (χ3n) is 3.88. The van der Waals surface area contributed by atoms with Gasteiger partial charge >= 0.3 is 0 Å². The smallest absolute Gasteiger partial charge is 0.246 e. The van der Waals surface area contributed by atoms with Gasteiger partial charge in [-0.1, -0.05) is 32.0 Å². The maximum atomic E-state index is 12.6. The van der Waals surface area contributed by atoms with Gasteiger partial charge in [-0.15, -0.1) is 11.3 Å². The van der Waals surface area contributed by atoms with Gasteiger partial charge in [0.2, 0.25) is 11.8 Å². The molecular weight excluding hydrogens is 324 g/mol. The fraction of sp³-hybridized carbons (Fsp3) is 0.444. The van der Waals surface area contributed by atoms with Gasteiger partial charge in [0.25, 0.3) is 0 Å².